The second kappa shape index (κ2) is 5.63. The molecule has 0 fully saturated rings. The van der Waals surface area contributed by atoms with Crippen molar-refractivity contribution < 1.29 is 4.74 Å². The minimum atomic E-state index is -0.708. The molecule has 0 atom stereocenters. The lowest BCUT2D eigenvalue weighted by molar-refractivity contribution is 0.408. The number of hydrogen-bond acceptors (Lipinski definition) is 4. The number of nitrogens with one attached hydrogen (secondary N) is 1. The van der Waals surface area contributed by atoms with Gasteiger partial charge < -0.3 is 4.74 Å². The summed E-state index contributed by atoms with van der Waals surface area (Å²) < 4.78 is 6.38. The lowest BCUT2D eigenvalue weighted by atomic mass is 10.2. The molecule has 1 aromatic carbocycles. The Bertz CT molecular complexity index is 802. The normalized spacial score (nSPS) is 10.1. The largest absolute Gasteiger partial charge is 0.496 e. The molecule has 1 heterocycles. The van der Waals surface area contributed by atoms with Crippen molar-refractivity contribution in [3.8, 4) is 11.8 Å². The Morgan fingerprint density at radius 1 is 1.45 bits per heavy atom. The molecule has 2 rings (SSSR count). The van der Waals surface area contributed by atoms with Gasteiger partial charge in [-0.2, -0.15) is 5.26 Å². The summed E-state index contributed by atoms with van der Waals surface area (Å²) in [7, 11) is 1.49. The predicted molar refractivity (Wildman–Crippen MR) is 73.1 cm³/mol. The van der Waals surface area contributed by atoms with Crippen molar-refractivity contribution in [3.63, 3.8) is 0 Å². The van der Waals surface area contributed by atoms with E-state index in [0.717, 1.165) is 0 Å². The zero-order valence-electron chi connectivity index (χ0n) is 10.5. The summed E-state index contributed by atoms with van der Waals surface area (Å²) in [6.45, 7) is 0.0904. The second-order valence-corrected chi connectivity index (χ2v) is 4.37. The van der Waals surface area contributed by atoms with E-state index in [1.54, 1.807) is 24.3 Å². The van der Waals surface area contributed by atoms with Crippen LogP contribution in [0.2, 0.25) is 5.02 Å². The highest BCUT2D eigenvalue weighted by Gasteiger charge is 2.11. The van der Waals surface area contributed by atoms with Crippen molar-refractivity contribution in [2.75, 3.05) is 7.11 Å². The molecule has 102 valence electrons. The van der Waals surface area contributed by atoms with E-state index in [1.807, 2.05) is 0 Å². The third kappa shape index (κ3) is 2.58. The van der Waals surface area contributed by atoms with Crippen molar-refractivity contribution in [1.82, 2.24) is 9.55 Å². The average Bonchev–Trinajstić information content (AvgIpc) is 2.43. The third-order valence-electron chi connectivity index (χ3n) is 2.76. The number of benzene rings is 1. The van der Waals surface area contributed by atoms with E-state index in [9.17, 15) is 9.59 Å². The summed E-state index contributed by atoms with van der Waals surface area (Å²) in [4.78, 5) is 25.1. The van der Waals surface area contributed by atoms with Gasteiger partial charge in [0.15, 0.2) is 0 Å². The van der Waals surface area contributed by atoms with E-state index in [-0.39, 0.29) is 12.1 Å². The Morgan fingerprint density at radius 3 is 2.85 bits per heavy atom. The first-order valence-corrected chi connectivity index (χ1v) is 6.00. The van der Waals surface area contributed by atoms with Crippen LogP contribution in [0.3, 0.4) is 0 Å². The van der Waals surface area contributed by atoms with Gasteiger partial charge in [0, 0.05) is 16.8 Å². The van der Waals surface area contributed by atoms with Crippen molar-refractivity contribution in [2.24, 2.45) is 0 Å². The fraction of sp³-hybridized carbons (Fsp3) is 0.154. The Morgan fingerprint density at radius 2 is 2.20 bits per heavy atom. The molecule has 20 heavy (non-hydrogen) atoms. The SMILES string of the molecule is COc1cccc(Cl)c1Cn1cc(C#N)c(=O)[nH]c1=O. The second-order valence-electron chi connectivity index (χ2n) is 3.96. The third-order valence-corrected chi connectivity index (χ3v) is 3.11. The summed E-state index contributed by atoms with van der Waals surface area (Å²) in [5.74, 6) is 0.522. The van der Waals surface area contributed by atoms with E-state index in [4.69, 9.17) is 21.6 Å². The molecule has 0 saturated carbocycles. The monoisotopic (exact) mass is 291 g/mol. The van der Waals surface area contributed by atoms with Crippen LogP contribution < -0.4 is 16.0 Å². The zero-order chi connectivity index (χ0) is 14.7. The van der Waals surface area contributed by atoms with Crippen LogP contribution in [0.1, 0.15) is 11.1 Å². The molecule has 0 aliphatic rings. The summed E-state index contributed by atoms with van der Waals surface area (Å²) in [6.07, 6.45) is 1.20. The van der Waals surface area contributed by atoms with E-state index in [1.165, 1.54) is 17.9 Å². The van der Waals surface area contributed by atoms with Gasteiger partial charge in [-0.3, -0.25) is 14.3 Å². The van der Waals surface area contributed by atoms with Crippen LogP contribution in [0.25, 0.3) is 0 Å². The molecule has 0 saturated heterocycles. The average molecular weight is 292 g/mol. The lowest BCUT2D eigenvalue weighted by Gasteiger charge is -2.11. The molecule has 6 nitrogen and oxygen atoms in total. The first-order chi connectivity index (χ1) is 9.56. The quantitative estimate of drug-likeness (QED) is 0.918. The molecule has 0 aliphatic carbocycles. The number of H-pyrrole nitrogens is 1. The number of methoxy groups -OCH3 is 1. The smallest absolute Gasteiger partial charge is 0.328 e. The van der Waals surface area contributed by atoms with E-state index in [2.05, 4.69) is 4.98 Å². The maximum absolute atomic E-state index is 11.7. The lowest BCUT2D eigenvalue weighted by Crippen LogP contribution is -2.31. The van der Waals surface area contributed by atoms with Gasteiger partial charge in [-0.25, -0.2) is 4.79 Å². The molecule has 1 aromatic heterocycles. The Kier molecular flexibility index (Phi) is 3.91. The Hall–Kier alpha value is -2.52. The molecule has 0 unspecified atom stereocenters. The number of nitriles is 1. The van der Waals surface area contributed by atoms with Crippen LogP contribution in [-0.2, 0) is 6.54 Å². The van der Waals surface area contributed by atoms with Gasteiger partial charge in [0.05, 0.1) is 13.7 Å². The number of aromatic amines is 1. The number of halogens is 1. The molecule has 0 bridgehead atoms. The minimum Gasteiger partial charge on any atom is -0.496 e. The topological polar surface area (TPSA) is 87.9 Å². The first-order valence-electron chi connectivity index (χ1n) is 5.62. The molecule has 0 radical (unpaired) electrons. The minimum absolute atomic E-state index is 0.0904. The molecule has 7 heteroatoms. The van der Waals surface area contributed by atoms with Crippen LogP contribution in [0.15, 0.2) is 34.0 Å². The molecule has 2 aromatic rings. The molecule has 0 spiro atoms. The highest BCUT2D eigenvalue weighted by molar-refractivity contribution is 6.31. The van der Waals surface area contributed by atoms with Crippen molar-refractivity contribution in [2.45, 2.75) is 6.54 Å². The molecule has 0 aliphatic heterocycles. The van der Waals surface area contributed by atoms with Crippen molar-refractivity contribution in [1.29, 1.82) is 5.26 Å². The maximum Gasteiger partial charge on any atom is 0.328 e. The molecule has 0 amide bonds. The zero-order valence-corrected chi connectivity index (χ0v) is 11.3. The standard InChI is InChI=1S/C13H10ClN3O3/c1-20-11-4-2-3-10(14)9(11)7-17-6-8(5-15)12(18)16-13(17)19/h2-4,6H,7H2,1H3,(H,16,18,19). The fourth-order valence-electron chi connectivity index (χ4n) is 1.76. The van der Waals surface area contributed by atoms with Crippen LogP contribution in [0, 0.1) is 11.3 Å². The van der Waals surface area contributed by atoms with E-state index >= 15 is 0 Å². The van der Waals surface area contributed by atoms with Gasteiger partial charge in [0.25, 0.3) is 5.56 Å². The number of ether oxygens (including phenoxy) is 1. The summed E-state index contributed by atoms with van der Waals surface area (Å²) in [5, 5.41) is 9.25. The van der Waals surface area contributed by atoms with Gasteiger partial charge in [0.2, 0.25) is 0 Å². The summed E-state index contributed by atoms with van der Waals surface area (Å²) in [5.41, 5.74) is -0.874. The van der Waals surface area contributed by atoms with Crippen LogP contribution in [0.4, 0.5) is 0 Å². The number of aromatic nitrogens is 2. The van der Waals surface area contributed by atoms with Crippen molar-refractivity contribution >= 4 is 11.6 Å². The Balaban J connectivity index is 2.54. The van der Waals surface area contributed by atoms with Crippen LogP contribution >= 0.6 is 11.6 Å². The number of nitrogens with zero attached hydrogens (tertiary/aromatic N) is 2. The summed E-state index contributed by atoms with van der Waals surface area (Å²) >= 11 is 6.08. The Labute approximate surface area is 118 Å². The van der Waals surface area contributed by atoms with Gasteiger partial charge in [-0.1, -0.05) is 17.7 Å². The predicted octanol–water partition coefficient (Wildman–Crippen LogP) is 1.12. The van der Waals surface area contributed by atoms with E-state index in [0.29, 0.717) is 16.3 Å². The molecular formula is C13H10ClN3O3. The molecule has 1 N–H and O–H groups in total. The first kappa shape index (κ1) is 13.9. The van der Waals surface area contributed by atoms with Gasteiger partial charge in [-0.15, -0.1) is 0 Å². The highest BCUT2D eigenvalue weighted by atomic mass is 35.5. The summed E-state index contributed by atoms with van der Waals surface area (Å²) in [6, 6.07) is 6.83. The highest BCUT2D eigenvalue weighted by Crippen LogP contribution is 2.26. The van der Waals surface area contributed by atoms with Crippen LogP contribution in [0.5, 0.6) is 5.75 Å². The van der Waals surface area contributed by atoms with Gasteiger partial charge in [-0.05, 0) is 12.1 Å². The van der Waals surface area contributed by atoms with Crippen molar-refractivity contribution in [3.05, 3.63) is 61.4 Å². The molecular weight excluding hydrogens is 282 g/mol. The van der Waals surface area contributed by atoms with Gasteiger partial charge in [0.1, 0.15) is 17.4 Å². The van der Waals surface area contributed by atoms with Crippen LogP contribution in [-0.4, -0.2) is 16.7 Å². The van der Waals surface area contributed by atoms with E-state index < -0.39 is 11.2 Å². The maximum atomic E-state index is 11.7. The number of rotatable bonds is 3. The number of hydrogen-bond donors (Lipinski definition) is 1. The van der Waals surface area contributed by atoms with Gasteiger partial charge >= 0.3 is 5.69 Å². The fourth-order valence-corrected chi connectivity index (χ4v) is 1.99.